The Balaban J connectivity index is 1.31. The molecule has 0 amide bonds. The van der Waals surface area contributed by atoms with Gasteiger partial charge in [0, 0.05) is 51.8 Å². The minimum atomic E-state index is -0.634. The van der Waals surface area contributed by atoms with E-state index in [0.29, 0.717) is 22.9 Å². The number of thiazole rings is 2. The highest BCUT2D eigenvalue weighted by Gasteiger charge is 2.30. The molecule has 4 unspecified atom stereocenters. The van der Waals surface area contributed by atoms with Gasteiger partial charge in [0.15, 0.2) is 0 Å². The second kappa shape index (κ2) is 21.7. The van der Waals surface area contributed by atoms with Gasteiger partial charge in [-0.2, -0.15) is 0 Å². The van der Waals surface area contributed by atoms with Crippen molar-refractivity contribution in [3.63, 3.8) is 0 Å². The molecule has 2 aromatic carbocycles. The van der Waals surface area contributed by atoms with Crippen molar-refractivity contribution in [2.24, 2.45) is 0 Å². The van der Waals surface area contributed by atoms with Gasteiger partial charge in [-0.05, 0) is 74.7 Å². The van der Waals surface area contributed by atoms with Gasteiger partial charge < -0.3 is 18.9 Å². The Morgan fingerprint density at radius 3 is 1.35 bits per heavy atom. The lowest BCUT2D eigenvalue weighted by atomic mass is 10.1. The maximum atomic E-state index is 5.65. The van der Waals surface area contributed by atoms with Crippen molar-refractivity contribution < 1.29 is 18.9 Å². The molecule has 0 aliphatic rings. The monoisotopic (exact) mass is 808 g/mol. The molecule has 254 valence electrons. The van der Waals surface area contributed by atoms with Crippen LogP contribution in [0.15, 0.2) is 48.5 Å². The van der Waals surface area contributed by atoms with E-state index in [4.69, 9.17) is 28.9 Å². The molecule has 0 aliphatic heterocycles. The number of rotatable bonds is 23. The summed E-state index contributed by atoms with van der Waals surface area (Å²) in [6, 6.07) is 17.0. The highest BCUT2D eigenvalue weighted by atomic mass is 33.9. The summed E-state index contributed by atoms with van der Waals surface area (Å²) in [5.74, 6) is 2.75. The normalized spacial score (nSPS) is 15.4. The van der Waals surface area contributed by atoms with Crippen LogP contribution in [0.2, 0.25) is 11.1 Å². The highest BCUT2D eigenvalue weighted by Crippen LogP contribution is 2.55. The second-order valence-corrected chi connectivity index (χ2v) is 26.8. The molecule has 0 saturated carbocycles. The number of hydrogen-bond donors (Lipinski definition) is 0. The zero-order valence-electron chi connectivity index (χ0n) is 27.1. The molecule has 0 fully saturated rings. The quantitative estimate of drug-likeness (QED) is 0.0311. The first-order valence-corrected chi connectivity index (χ1v) is 28.0. The van der Waals surface area contributed by atoms with Crippen LogP contribution in [0.3, 0.4) is 0 Å². The van der Waals surface area contributed by atoms with E-state index in [1.807, 2.05) is 83.6 Å². The van der Waals surface area contributed by atoms with Crippen LogP contribution in [0, 0.1) is 0 Å². The Kier molecular flexibility index (Phi) is 18.6. The van der Waals surface area contributed by atoms with Crippen molar-refractivity contribution in [1.29, 1.82) is 0 Å². The molecular formula is C30H44N2O4S8Si2. The topological polar surface area (TPSA) is 62.7 Å². The number of para-hydroxylation sites is 2. The summed E-state index contributed by atoms with van der Waals surface area (Å²) < 4.78 is 25.1. The Bertz CT molecular complexity index is 1260. The third-order valence-electron chi connectivity index (χ3n) is 8.16. The molecule has 0 bridgehead atoms. The molecule has 46 heavy (non-hydrogen) atoms. The highest BCUT2D eigenvalue weighted by molar-refractivity contribution is 9.41. The largest absolute Gasteiger partial charge is 0.360 e. The number of ether oxygens (including phenoxy) is 4. The minimum absolute atomic E-state index is 0.0609. The number of fused-ring (bicyclic) bond motifs is 2. The van der Waals surface area contributed by atoms with Crippen LogP contribution in [0.25, 0.3) is 20.4 Å². The number of nitrogens with zero attached hydrogens (tertiary/aromatic N) is 2. The number of benzene rings is 2. The molecule has 6 nitrogen and oxygen atoms in total. The van der Waals surface area contributed by atoms with Crippen molar-refractivity contribution in [3.05, 3.63) is 58.5 Å². The zero-order valence-corrected chi connectivity index (χ0v) is 36.5. The first-order valence-electron chi connectivity index (χ1n) is 15.3. The number of aromatic nitrogens is 2. The van der Waals surface area contributed by atoms with Gasteiger partial charge in [0.25, 0.3) is 0 Å². The van der Waals surface area contributed by atoms with Gasteiger partial charge in [-0.25, -0.2) is 9.97 Å². The predicted molar refractivity (Wildman–Crippen MR) is 221 cm³/mol. The van der Waals surface area contributed by atoms with Crippen LogP contribution >= 0.6 is 83.6 Å². The van der Waals surface area contributed by atoms with E-state index < -0.39 is 19.0 Å². The maximum absolute atomic E-state index is 5.65. The number of methoxy groups -OCH3 is 4. The summed E-state index contributed by atoms with van der Waals surface area (Å²) in [6.07, 6.45) is 2.23. The summed E-state index contributed by atoms with van der Waals surface area (Å²) in [4.78, 5) is 10.2. The van der Waals surface area contributed by atoms with Gasteiger partial charge in [-0.1, -0.05) is 72.5 Å². The molecular weight excluding hydrogens is 765 g/mol. The van der Waals surface area contributed by atoms with E-state index in [0.717, 1.165) is 35.4 Å². The Labute approximate surface area is 309 Å². The van der Waals surface area contributed by atoms with E-state index in [9.17, 15) is 0 Å². The van der Waals surface area contributed by atoms with Crippen LogP contribution in [-0.2, 0) is 18.9 Å². The van der Waals surface area contributed by atoms with Gasteiger partial charge in [0.1, 0.15) is 11.8 Å². The predicted octanol–water partition coefficient (Wildman–Crippen LogP) is 9.63. The first kappa shape index (κ1) is 39.4. The average molecular weight is 809 g/mol. The lowest BCUT2D eigenvalue weighted by Gasteiger charge is -2.26. The molecule has 0 N–H and O–H groups in total. The smallest absolute Gasteiger partial charge is 0.134 e. The number of hydrogen-bond acceptors (Lipinski definition) is 14. The molecule has 4 rings (SSSR count). The van der Waals surface area contributed by atoms with Gasteiger partial charge >= 0.3 is 0 Å². The maximum Gasteiger partial charge on any atom is 0.134 e. The first-order chi connectivity index (χ1) is 22.5. The van der Waals surface area contributed by atoms with E-state index >= 15 is 0 Å². The molecule has 2 aromatic heterocycles. The fourth-order valence-corrected chi connectivity index (χ4v) is 24.8. The minimum Gasteiger partial charge on any atom is -0.360 e. The van der Waals surface area contributed by atoms with Crippen molar-refractivity contribution in [2.45, 2.75) is 61.4 Å². The van der Waals surface area contributed by atoms with Gasteiger partial charge in [-0.3, -0.25) is 0 Å². The fourth-order valence-electron chi connectivity index (χ4n) is 5.48. The fraction of sp³-hybridized carbons (Fsp3) is 0.533. The lowest BCUT2D eigenvalue weighted by molar-refractivity contribution is -0.0451. The van der Waals surface area contributed by atoms with Crippen molar-refractivity contribution in [2.75, 3.05) is 39.9 Å². The standard InChI is InChI=1S/C30H44N2O4S8Si2/c1-7-25(45-29(33-3)34-4)19(27-31-21-13-9-11-15-23(21)39-27)17-37-41-43-44-42-38-18-20(26(8-2)46-30(35-5)36-6)28-32-22-14-10-12-16-24(22)40-28/h9-16,19-20,25-26,29-30H,7-8,17-18,45-46H2,1-6H3. The lowest BCUT2D eigenvalue weighted by Crippen LogP contribution is -2.28. The Hall–Kier alpha value is 0.594. The molecule has 4 atom stereocenters. The summed E-state index contributed by atoms with van der Waals surface area (Å²) in [5.41, 5.74) is 3.33. The van der Waals surface area contributed by atoms with Crippen molar-refractivity contribution in [3.8, 4) is 0 Å². The SMILES string of the molecule is CCC([SiH2]C(OC)OC)C(CSSSSSSCC(c1nc2ccccc2s1)C(CC)[SiH2]C(OC)OC)c1nc2ccccc2s1. The third-order valence-corrected chi connectivity index (χ3v) is 27.1. The van der Waals surface area contributed by atoms with Gasteiger partial charge in [-0.15, -0.1) is 22.7 Å². The van der Waals surface area contributed by atoms with Gasteiger partial charge in [0.2, 0.25) is 0 Å². The third kappa shape index (κ3) is 11.6. The van der Waals surface area contributed by atoms with Crippen LogP contribution in [-0.4, -0.2) is 80.8 Å². The molecule has 16 heteroatoms. The summed E-state index contributed by atoms with van der Waals surface area (Å²) in [6.45, 7) is 4.60. The van der Waals surface area contributed by atoms with Gasteiger partial charge in [0.05, 0.1) is 49.5 Å². The van der Waals surface area contributed by atoms with Crippen molar-refractivity contribution in [1.82, 2.24) is 9.97 Å². The molecule has 0 aliphatic carbocycles. The zero-order chi connectivity index (χ0) is 32.7. The molecule has 0 saturated heterocycles. The van der Waals surface area contributed by atoms with E-state index in [2.05, 4.69) is 62.4 Å². The molecule has 4 aromatic rings. The van der Waals surface area contributed by atoms with E-state index in [1.54, 1.807) is 28.4 Å². The van der Waals surface area contributed by atoms with Crippen LogP contribution in [0.5, 0.6) is 0 Å². The summed E-state index contributed by atoms with van der Waals surface area (Å²) in [7, 11) is 17.2. The Morgan fingerprint density at radius 2 is 1.00 bits per heavy atom. The van der Waals surface area contributed by atoms with E-state index in [-0.39, 0.29) is 11.8 Å². The average Bonchev–Trinajstić information content (AvgIpc) is 3.72. The Morgan fingerprint density at radius 1 is 0.609 bits per heavy atom. The van der Waals surface area contributed by atoms with Crippen LogP contribution in [0.1, 0.15) is 48.5 Å². The second-order valence-electron chi connectivity index (χ2n) is 10.7. The van der Waals surface area contributed by atoms with Crippen LogP contribution < -0.4 is 0 Å². The van der Waals surface area contributed by atoms with E-state index in [1.165, 1.54) is 19.4 Å². The molecule has 0 spiro atoms. The molecule has 0 radical (unpaired) electrons. The summed E-state index contributed by atoms with van der Waals surface area (Å²) in [5, 5.41) is 2.50. The summed E-state index contributed by atoms with van der Waals surface area (Å²) >= 11 is 3.70. The molecule has 2 heterocycles. The van der Waals surface area contributed by atoms with Crippen molar-refractivity contribution >= 4 is 123 Å². The van der Waals surface area contributed by atoms with Crippen LogP contribution in [0.4, 0.5) is 0 Å².